The van der Waals surface area contributed by atoms with Gasteiger partial charge in [-0.1, -0.05) is 26.0 Å². The molecule has 0 saturated carbocycles. The van der Waals surface area contributed by atoms with Gasteiger partial charge in [-0.25, -0.2) is 4.98 Å². The van der Waals surface area contributed by atoms with Crippen LogP contribution < -0.4 is 10.2 Å². The number of rotatable bonds is 4. The van der Waals surface area contributed by atoms with Gasteiger partial charge in [0.1, 0.15) is 5.82 Å². The molecule has 2 fully saturated rings. The summed E-state index contributed by atoms with van der Waals surface area (Å²) >= 11 is 0. The van der Waals surface area contributed by atoms with Gasteiger partial charge in [0.15, 0.2) is 5.79 Å². The molecule has 0 bridgehead atoms. The molecule has 2 aliphatic heterocycles. The first-order chi connectivity index (χ1) is 13.5. The number of hydrogen-bond acceptors (Lipinski definition) is 5. The van der Waals surface area contributed by atoms with Gasteiger partial charge >= 0.3 is 0 Å². The van der Waals surface area contributed by atoms with Crippen molar-refractivity contribution in [2.45, 2.75) is 38.4 Å². The molecule has 4 rings (SSSR count). The predicted octanol–water partition coefficient (Wildman–Crippen LogP) is 3.80. The molecule has 6 heteroatoms. The molecule has 0 radical (unpaired) electrons. The van der Waals surface area contributed by atoms with E-state index in [1.54, 1.807) is 12.3 Å². The fourth-order valence-electron chi connectivity index (χ4n) is 3.75. The Morgan fingerprint density at radius 2 is 1.79 bits per heavy atom. The lowest BCUT2D eigenvalue weighted by molar-refractivity contribution is -0.169. The zero-order valence-corrected chi connectivity index (χ0v) is 16.5. The molecular formula is C22H27N3O3. The molecule has 0 aliphatic carbocycles. The molecule has 0 unspecified atom stereocenters. The van der Waals surface area contributed by atoms with Crippen LogP contribution in [-0.2, 0) is 9.47 Å². The van der Waals surface area contributed by atoms with E-state index in [9.17, 15) is 4.79 Å². The number of carbonyl (C=O) groups excluding carboxylic acids is 1. The first-order valence-electron chi connectivity index (χ1n) is 9.95. The van der Waals surface area contributed by atoms with E-state index in [1.807, 2.05) is 18.2 Å². The van der Waals surface area contributed by atoms with Crippen molar-refractivity contribution in [1.29, 1.82) is 0 Å². The maximum Gasteiger partial charge on any atom is 0.255 e. The van der Waals surface area contributed by atoms with Crippen LogP contribution in [-0.4, -0.2) is 43.0 Å². The number of piperidine rings is 1. The highest BCUT2D eigenvalue weighted by Gasteiger charge is 2.40. The molecule has 2 aliphatic rings. The number of hydrogen-bond donors (Lipinski definition) is 1. The summed E-state index contributed by atoms with van der Waals surface area (Å²) in [6.07, 6.45) is 3.32. The summed E-state index contributed by atoms with van der Waals surface area (Å²) in [7, 11) is 0. The van der Waals surface area contributed by atoms with Crippen LogP contribution in [0, 0.1) is 0 Å². The van der Waals surface area contributed by atoms with Crippen LogP contribution in [0.3, 0.4) is 0 Å². The Kier molecular flexibility index (Phi) is 5.33. The van der Waals surface area contributed by atoms with Crippen molar-refractivity contribution in [2.24, 2.45) is 0 Å². The van der Waals surface area contributed by atoms with Gasteiger partial charge in [-0.2, -0.15) is 0 Å². The van der Waals surface area contributed by atoms with Crippen molar-refractivity contribution in [2.75, 3.05) is 36.5 Å². The first-order valence-corrected chi connectivity index (χ1v) is 9.95. The quantitative estimate of drug-likeness (QED) is 0.873. The molecule has 1 N–H and O–H groups in total. The largest absolute Gasteiger partial charge is 0.356 e. The van der Waals surface area contributed by atoms with Gasteiger partial charge in [-0.15, -0.1) is 0 Å². The fourth-order valence-corrected chi connectivity index (χ4v) is 3.75. The lowest BCUT2D eigenvalue weighted by atomic mass is 10.0. The second-order valence-corrected chi connectivity index (χ2v) is 7.73. The molecule has 1 aromatic carbocycles. The van der Waals surface area contributed by atoms with Crippen molar-refractivity contribution in [3.63, 3.8) is 0 Å². The van der Waals surface area contributed by atoms with E-state index >= 15 is 0 Å². The SMILES string of the molecule is CC(C)c1ccc(NC(=O)c2ccnc(N3CCC4(CC3)OCCO4)c2)cc1. The number of carbonyl (C=O) groups is 1. The predicted molar refractivity (Wildman–Crippen MR) is 109 cm³/mol. The molecule has 28 heavy (non-hydrogen) atoms. The van der Waals surface area contributed by atoms with Crippen LogP contribution >= 0.6 is 0 Å². The van der Waals surface area contributed by atoms with Crippen molar-refractivity contribution in [3.05, 3.63) is 53.7 Å². The highest BCUT2D eigenvalue weighted by Crippen LogP contribution is 2.32. The number of benzene rings is 1. The zero-order chi connectivity index (χ0) is 19.6. The number of amides is 1. The van der Waals surface area contributed by atoms with Gasteiger partial charge in [0, 0.05) is 43.4 Å². The molecule has 0 atom stereocenters. The van der Waals surface area contributed by atoms with E-state index < -0.39 is 5.79 Å². The Morgan fingerprint density at radius 1 is 1.11 bits per heavy atom. The van der Waals surface area contributed by atoms with Crippen LogP contribution in [0.25, 0.3) is 0 Å². The molecule has 1 aromatic heterocycles. The summed E-state index contributed by atoms with van der Waals surface area (Å²) in [6.45, 7) is 7.25. The normalized spacial score (nSPS) is 18.6. The standard InChI is InChI=1S/C22H27N3O3/c1-16(2)17-3-5-19(6-4-17)24-21(26)18-7-10-23-20(15-18)25-11-8-22(9-12-25)27-13-14-28-22/h3-7,10,15-16H,8-9,11-14H2,1-2H3,(H,24,26). The fraction of sp³-hybridized carbons (Fsp3) is 0.455. The van der Waals surface area contributed by atoms with Gasteiger partial charge in [-0.3, -0.25) is 4.79 Å². The maximum atomic E-state index is 12.7. The molecule has 1 spiro atoms. The van der Waals surface area contributed by atoms with Gasteiger partial charge < -0.3 is 19.7 Å². The number of nitrogens with zero attached hydrogens (tertiary/aromatic N) is 2. The molecule has 2 aromatic rings. The Balaban J connectivity index is 1.41. The summed E-state index contributed by atoms with van der Waals surface area (Å²) < 4.78 is 11.6. The van der Waals surface area contributed by atoms with Crippen LogP contribution in [0.15, 0.2) is 42.6 Å². The molecule has 3 heterocycles. The van der Waals surface area contributed by atoms with E-state index in [2.05, 4.69) is 41.2 Å². The third-order valence-corrected chi connectivity index (χ3v) is 5.51. The van der Waals surface area contributed by atoms with Crippen LogP contribution in [0.5, 0.6) is 0 Å². The van der Waals surface area contributed by atoms with E-state index in [4.69, 9.17) is 9.47 Å². The zero-order valence-electron chi connectivity index (χ0n) is 16.5. The third kappa shape index (κ3) is 4.03. The van der Waals surface area contributed by atoms with Crippen LogP contribution in [0.2, 0.25) is 0 Å². The average molecular weight is 381 g/mol. The van der Waals surface area contributed by atoms with Gasteiger partial charge in [0.05, 0.1) is 13.2 Å². The average Bonchev–Trinajstić information content (AvgIpc) is 3.17. The van der Waals surface area contributed by atoms with Crippen molar-refractivity contribution >= 4 is 17.4 Å². The summed E-state index contributed by atoms with van der Waals surface area (Å²) in [6, 6.07) is 11.6. The smallest absolute Gasteiger partial charge is 0.255 e. The highest BCUT2D eigenvalue weighted by molar-refractivity contribution is 6.04. The van der Waals surface area contributed by atoms with Crippen molar-refractivity contribution in [3.8, 4) is 0 Å². The lowest BCUT2D eigenvalue weighted by Gasteiger charge is -2.38. The summed E-state index contributed by atoms with van der Waals surface area (Å²) in [4.78, 5) is 19.3. The van der Waals surface area contributed by atoms with Gasteiger partial charge in [0.25, 0.3) is 5.91 Å². The number of ether oxygens (including phenoxy) is 2. The maximum absolute atomic E-state index is 12.7. The van der Waals surface area contributed by atoms with E-state index in [0.29, 0.717) is 24.7 Å². The van der Waals surface area contributed by atoms with Crippen molar-refractivity contribution < 1.29 is 14.3 Å². The number of nitrogens with one attached hydrogen (secondary N) is 1. The number of pyridine rings is 1. The van der Waals surface area contributed by atoms with E-state index in [-0.39, 0.29) is 5.91 Å². The van der Waals surface area contributed by atoms with Crippen LogP contribution in [0.4, 0.5) is 11.5 Å². The summed E-state index contributed by atoms with van der Waals surface area (Å²) in [5.74, 6) is 0.747. The molecule has 6 nitrogen and oxygen atoms in total. The molecular weight excluding hydrogens is 354 g/mol. The lowest BCUT2D eigenvalue weighted by Crippen LogP contribution is -2.45. The minimum Gasteiger partial charge on any atom is -0.356 e. The Labute approximate surface area is 165 Å². The highest BCUT2D eigenvalue weighted by atomic mass is 16.7. The Hall–Kier alpha value is -2.44. The second kappa shape index (κ2) is 7.89. The second-order valence-electron chi connectivity index (χ2n) is 7.73. The minimum absolute atomic E-state index is 0.128. The van der Waals surface area contributed by atoms with E-state index in [1.165, 1.54) is 5.56 Å². The van der Waals surface area contributed by atoms with Gasteiger partial charge in [0.2, 0.25) is 0 Å². The Morgan fingerprint density at radius 3 is 2.43 bits per heavy atom. The number of anilines is 2. The minimum atomic E-state index is -0.409. The monoisotopic (exact) mass is 381 g/mol. The van der Waals surface area contributed by atoms with Crippen LogP contribution in [0.1, 0.15) is 48.5 Å². The third-order valence-electron chi connectivity index (χ3n) is 5.51. The molecule has 2 saturated heterocycles. The Bertz CT molecular complexity index is 819. The van der Waals surface area contributed by atoms with E-state index in [0.717, 1.165) is 37.4 Å². The molecule has 1 amide bonds. The number of aromatic nitrogens is 1. The topological polar surface area (TPSA) is 63.7 Å². The van der Waals surface area contributed by atoms with Crippen molar-refractivity contribution in [1.82, 2.24) is 4.98 Å². The summed E-state index contributed by atoms with van der Waals surface area (Å²) in [5.41, 5.74) is 2.65. The first kappa shape index (κ1) is 18.9. The van der Waals surface area contributed by atoms with Gasteiger partial charge in [-0.05, 0) is 35.7 Å². The molecule has 148 valence electrons. The summed E-state index contributed by atoms with van der Waals surface area (Å²) in [5, 5.41) is 2.97.